The Kier molecular flexibility index (Phi) is 3.63. The summed E-state index contributed by atoms with van der Waals surface area (Å²) in [6.45, 7) is 0. The van der Waals surface area contributed by atoms with E-state index in [1.807, 2.05) is 0 Å². The zero-order valence-corrected chi connectivity index (χ0v) is 11.1. The van der Waals surface area contributed by atoms with Crippen LogP contribution >= 0.6 is 0 Å². The molecule has 0 amide bonds. The molecule has 15 heavy (non-hydrogen) atoms. The molecule has 0 heterocycles. The van der Waals surface area contributed by atoms with Crippen LogP contribution in [0.5, 0.6) is 0 Å². The second kappa shape index (κ2) is 5.18. The predicted molar refractivity (Wildman–Crippen MR) is 68.1 cm³/mol. The van der Waals surface area contributed by atoms with Gasteiger partial charge >= 0.3 is 99.8 Å². The van der Waals surface area contributed by atoms with Crippen LogP contribution < -0.4 is 0 Å². The summed E-state index contributed by atoms with van der Waals surface area (Å²) in [5, 5.41) is 1.21. The van der Waals surface area contributed by atoms with Gasteiger partial charge in [-0.05, 0) is 0 Å². The fourth-order valence-electron chi connectivity index (χ4n) is 1.84. The van der Waals surface area contributed by atoms with Crippen molar-refractivity contribution in [1.82, 2.24) is 0 Å². The average molecular weight is 258 g/mol. The number of rotatable bonds is 3. The van der Waals surface area contributed by atoms with Crippen LogP contribution in [0.1, 0.15) is 17.0 Å². The van der Waals surface area contributed by atoms with Gasteiger partial charge in [-0.2, -0.15) is 0 Å². The number of hydrogen-bond donors (Lipinski definition) is 0. The Balaban J connectivity index is 2.34. The van der Waals surface area contributed by atoms with Crippen LogP contribution in [0.2, 0.25) is 5.21 Å². The molecule has 0 saturated heterocycles. The maximum atomic E-state index is 2.22. The third kappa shape index (κ3) is 2.52. The van der Waals surface area contributed by atoms with Gasteiger partial charge in [0.05, 0.1) is 0 Å². The van der Waals surface area contributed by atoms with Crippen molar-refractivity contribution in [2.24, 2.45) is 0 Å². The zero-order valence-electron chi connectivity index (χ0n) is 8.64. The Morgan fingerprint density at radius 1 is 0.733 bits per heavy atom. The van der Waals surface area contributed by atoms with Gasteiger partial charge in [-0.25, -0.2) is 0 Å². The molecule has 0 radical (unpaired) electrons. The van der Waals surface area contributed by atoms with Gasteiger partial charge in [-0.15, -0.1) is 0 Å². The topological polar surface area (TPSA) is 0 Å². The second-order valence-corrected chi connectivity index (χ2v) is 4.60. The monoisotopic (exact) mass is 258 g/mol. The summed E-state index contributed by atoms with van der Waals surface area (Å²) >= 11 is 1.79. The molecule has 0 bridgehead atoms. The number of hydrogen-bond acceptors (Lipinski definition) is 0. The molecule has 0 nitrogen and oxygen atoms in total. The van der Waals surface area contributed by atoms with E-state index in [2.05, 4.69) is 60.7 Å². The van der Waals surface area contributed by atoms with Crippen LogP contribution in [0.15, 0.2) is 60.7 Å². The Morgan fingerprint density at radius 2 is 1.13 bits per heavy atom. The van der Waals surface area contributed by atoms with Gasteiger partial charge in [0.1, 0.15) is 0 Å². The molecule has 1 heteroatoms. The molecule has 2 aromatic carbocycles. The summed E-state index contributed by atoms with van der Waals surface area (Å²) in [4.78, 5) is 0. The van der Waals surface area contributed by atoms with E-state index in [0.29, 0.717) is 5.92 Å². The van der Waals surface area contributed by atoms with Crippen LogP contribution in [0.3, 0.4) is 0 Å². The quantitative estimate of drug-likeness (QED) is 0.743. The first-order chi connectivity index (χ1) is 7.42. The van der Waals surface area contributed by atoms with Crippen molar-refractivity contribution in [3.63, 3.8) is 0 Å². The Bertz CT molecular complexity index is 355. The molecule has 0 aliphatic rings. The van der Waals surface area contributed by atoms with Crippen LogP contribution in [0, 0.1) is 0 Å². The summed E-state index contributed by atoms with van der Waals surface area (Å²) in [6, 6.07) is 21.5. The van der Waals surface area contributed by atoms with Crippen LogP contribution in [-0.2, 0) is 0 Å². The minimum absolute atomic E-state index is 0.562. The summed E-state index contributed by atoms with van der Waals surface area (Å²) in [5.74, 6) is 0.562. The second-order valence-electron chi connectivity index (χ2n) is 3.61. The molecule has 0 fully saturated rings. The first-order valence-electron chi connectivity index (χ1n) is 5.22. The summed E-state index contributed by atoms with van der Waals surface area (Å²) in [5.41, 5.74) is 2.85. The number of benzene rings is 2. The van der Waals surface area contributed by atoms with Crippen LogP contribution in [0.25, 0.3) is 0 Å². The van der Waals surface area contributed by atoms with E-state index in [4.69, 9.17) is 0 Å². The van der Waals surface area contributed by atoms with E-state index in [1.54, 1.807) is 16.9 Å². The van der Waals surface area contributed by atoms with Crippen molar-refractivity contribution < 1.29 is 0 Å². The minimum atomic E-state index is 0.562. The molecular weight excluding hydrogens is 243 g/mol. The maximum absolute atomic E-state index is 2.22. The van der Waals surface area contributed by atoms with Gasteiger partial charge in [0.2, 0.25) is 0 Å². The molecule has 76 valence electrons. The normalized spacial score (nSPS) is 10.5. The summed E-state index contributed by atoms with van der Waals surface area (Å²) in [6.07, 6.45) is 0. The molecule has 0 saturated carbocycles. The van der Waals surface area contributed by atoms with Crippen molar-refractivity contribution in [1.29, 1.82) is 0 Å². The third-order valence-electron chi connectivity index (χ3n) is 2.64. The first kappa shape index (κ1) is 10.5. The molecule has 0 aromatic heterocycles. The van der Waals surface area contributed by atoms with E-state index in [1.165, 1.54) is 16.3 Å². The van der Waals surface area contributed by atoms with E-state index in [-0.39, 0.29) is 0 Å². The average Bonchev–Trinajstić information content (AvgIpc) is 2.33. The fraction of sp³-hybridized carbons (Fsp3) is 0.143. The third-order valence-corrected chi connectivity index (χ3v) is 3.63. The van der Waals surface area contributed by atoms with Crippen molar-refractivity contribution in [2.45, 2.75) is 11.1 Å². The van der Waals surface area contributed by atoms with Gasteiger partial charge in [-0.3, -0.25) is 0 Å². The van der Waals surface area contributed by atoms with E-state index in [9.17, 15) is 0 Å². The van der Waals surface area contributed by atoms with Crippen LogP contribution in [0.4, 0.5) is 0 Å². The van der Waals surface area contributed by atoms with Gasteiger partial charge in [0.15, 0.2) is 0 Å². The Morgan fingerprint density at radius 3 is 1.47 bits per heavy atom. The van der Waals surface area contributed by atoms with E-state index >= 15 is 0 Å². The van der Waals surface area contributed by atoms with Crippen molar-refractivity contribution in [3.8, 4) is 0 Å². The van der Waals surface area contributed by atoms with Crippen molar-refractivity contribution in [2.75, 3.05) is 0 Å². The Labute approximate surface area is 99.8 Å². The summed E-state index contributed by atoms with van der Waals surface area (Å²) in [7, 11) is 0. The standard InChI is InChI=1S/C14H15As/c15-11-14(12-7-3-1-4-8-12)13-9-5-2-6-10-13/h1-10,14H,11,15H2. The van der Waals surface area contributed by atoms with Gasteiger partial charge in [0.25, 0.3) is 0 Å². The molecular formula is C14H15As. The fourth-order valence-corrected chi connectivity index (χ4v) is 2.98. The molecule has 0 N–H and O–H groups in total. The SMILES string of the molecule is [AsH2]CC(c1ccccc1)c1ccccc1. The molecule has 2 aromatic rings. The van der Waals surface area contributed by atoms with Crippen LogP contribution in [-0.4, -0.2) is 16.9 Å². The van der Waals surface area contributed by atoms with E-state index < -0.39 is 0 Å². The molecule has 0 aliphatic carbocycles. The van der Waals surface area contributed by atoms with Gasteiger partial charge in [-0.1, -0.05) is 0 Å². The van der Waals surface area contributed by atoms with Crippen molar-refractivity contribution in [3.05, 3.63) is 71.8 Å². The summed E-state index contributed by atoms with van der Waals surface area (Å²) < 4.78 is 0. The Hall–Kier alpha value is -1.00. The molecule has 1 unspecified atom stereocenters. The molecule has 2 rings (SSSR count). The first-order valence-corrected chi connectivity index (χ1v) is 6.93. The zero-order chi connectivity index (χ0) is 10.5. The van der Waals surface area contributed by atoms with E-state index in [0.717, 1.165) is 0 Å². The van der Waals surface area contributed by atoms with Gasteiger partial charge in [0, 0.05) is 0 Å². The molecule has 1 atom stereocenters. The van der Waals surface area contributed by atoms with Crippen molar-refractivity contribution >= 4 is 16.9 Å². The van der Waals surface area contributed by atoms with Gasteiger partial charge < -0.3 is 0 Å². The molecule has 0 aliphatic heterocycles. The molecule has 0 spiro atoms. The predicted octanol–water partition coefficient (Wildman–Crippen LogP) is 2.87.